The molecule has 19 heavy (non-hydrogen) atoms. The number of pyridine rings is 1. The molecule has 5 heteroatoms. The second kappa shape index (κ2) is 5.53. The zero-order valence-electron chi connectivity index (χ0n) is 11.4. The maximum absolute atomic E-state index is 6.14. The largest absolute Gasteiger partial charge is 0.493 e. The molecule has 1 heterocycles. The van der Waals surface area contributed by atoms with Crippen molar-refractivity contribution in [1.29, 1.82) is 0 Å². The van der Waals surface area contributed by atoms with Gasteiger partial charge in [-0.3, -0.25) is 0 Å². The number of nitrogens with zero attached hydrogens (tertiary/aromatic N) is 1. The van der Waals surface area contributed by atoms with Crippen LogP contribution in [0.1, 0.15) is 12.5 Å². The molecule has 0 aliphatic heterocycles. The Morgan fingerprint density at radius 2 is 1.74 bits per heavy atom. The quantitative estimate of drug-likeness (QED) is 0.805. The molecule has 0 fully saturated rings. The minimum atomic E-state index is 0.504. The van der Waals surface area contributed by atoms with E-state index in [1.807, 2.05) is 13.0 Å². The van der Waals surface area contributed by atoms with Crippen LogP contribution in [0.5, 0.6) is 17.2 Å². The minimum Gasteiger partial charge on any atom is -0.493 e. The standard InChI is InChI=1S/C14H16ClNO3/c1-5-8-6-9-10(16-14(8)15)7-11(17-2)13(19-4)12(9)18-3/h6-7H,5H2,1-4H3. The van der Waals surface area contributed by atoms with Crippen molar-refractivity contribution in [3.63, 3.8) is 0 Å². The third kappa shape index (κ3) is 2.28. The summed E-state index contributed by atoms with van der Waals surface area (Å²) in [7, 11) is 4.75. The fourth-order valence-corrected chi connectivity index (χ4v) is 2.34. The third-order valence-corrected chi connectivity index (χ3v) is 3.36. The molecule has 2 aromatic rings. The van der Waals surface area contributed by atoms with Crippen molar-refractivity contribution < 1.29 is 14.2 Å². The first-order valence-corrected chi connectivity index (χ1v) is 6.32. The van der Waals surface area contributed by atoms with E-state index in [0.29, 0.717) is 22.4 Å². The lowest BCUT2D eigenvalue weighted by atomic mass is 10.1. The molecular weight excluding hydrogens is 266 g/mol. The van der Waals surface area contributed by atoms with Crippen molar-refractivity contribution in [3.05, 3.63) is 22.8 Å². The van der Waals surface area contributed by atoms with Crippen LogP contribution in [-0.4, -0.2) is 26.3 Å². The highest BCUT2D eigenvalue weighted by atomic mass is 35.5. The van der Waals surface area contributed by atoms with Crippen LogP contribution in [0.3, 0.4) is 0 Å². The summed E-state index contributed by atoms with van der Waals surface area (Å²) in [5, 5.41) is 1.37. The van der Waals surface area contributed by atoms with E-state index in [1.54, 1.807) is 27.4 Å². The number of hydrogen-bond acceptors (Lipinski definition) is 4. The normalized spacial score (nSPS) is 10.6. The van der Waals surface area contributed by atoms with Crippen LogP contribution in [0.2, 0.25) is 5.15 Å². The summed E-state index contributed by atoms with van der Waals surface area (Å²) < 4.78 is 16.1. The van der Waals surface area contributed by atoms with Crippen LogP contribution in [-0.2, 0) is 6.42 Å². The SMILES string of the molecule is CCc1cc2c(OC)c(OC)c(OC)cc2nc1Cl. The summed E-state index contributed by atoms with van der Waals surface area (Å²) in [6, 6.07) is 3.77. The van der Waals surface area contributed by atoms with Gasteiger partial charge in [0.25, 0.3) is 0 Å². The van der Waals surface area contributed by atoms with Gasteiger partial charge in [-0.2, -0.15) is 0 Å². The summed E-state index contributed by atoms with van der Waals surface area (Å²) in [6.45, 7) is 2.03. The number of benzene rings is 1. The predicted octanol–water partition coefficient (Wildman–Crippen LogP) is 3.48. The summed E-state index contributed by atoms with van der Waals surface area (Å²) in [5.74, 6) is 1.74. The Labute approximate surface area is 117 Å². The Kier molecular flexibility index (Phi) is 4.00. The number of halogens is 1. The Morgan fingerprint density at radius 3 is 2.26 bits per heavy atom. The molecule has 102 valence electrons. The van der Waals surface area contributed by atoms with Gasteiger partial charge in [0.15, 0.2) is 11.5 Å². The third-order valence-electron chi connectivity index (χ3n) is 3.03. The van der Waals surface area contributed by atoms with Gasteiger partial charge in [-0.05, 0) is 18.1 Å². The average molecular weight is 282 g/mol. The van der Waals surface area contributed by atoms with Crippen LogP contribution in [0.15, 0.2) is 12.1 Å². The lowest BCUT2D eigenvalue weighted by molar-refractivity contribution is 0.327. The van der Waals surface area contributed by atoms with Crippen LogP contribution in [0, 0.1) is 0 Å². The fraction of sp³-hybridized carbons (Fsp3) is 0.357. The second-order valence-electron chi connectivity index (χ2n) is 4.00. The van der Waals surface area contributed by atoms with Gasteiger partial charge < -0.3 is 14.2 Å². The summed E-state index contributed by atoms with van der Waals surface area (Å²) >= 11 is 6.14. The molecule has 0 spiro atoms. The monoisotopic (exact) mass is 281 g/mol. The molecule has 0 unspecified atom stereocenters. The van der Waals surface area contributed by atoms with Gasteiger partial charge in [0.05, 0.1) is 26.8 Å². The van der Waals surface area contributed by atoms with Crippen LogP contribution < -0.4 is 14.2 Å². The first kappa shape index (κ1) is 13.7. The minimum absolute atomic E-state index is 0.504. The molecule has 0 radical (unpaired) electrons. The number of rotatable bonds is 4. The molecular formula is C14H16ClNO3. The number of methoxy groups -OCH3 is 3. The van der Waals surface area contributed by atoms with E-state index in [0.717, 1.165) is 22.9 Å². The fourth-order valence-electron chi connectivity index (χ4n) is 2.06. The summed E-state index contributed by atoms with van der Waals surface area (Å²) in [6.07, 6.45) is 0.805. The van der Waals surface area contributed by atoms with Crippen LogP contribution in [0.4, 0.5) is 0 Å². The lowest BCUT2D eigenvalue weighted by Crippen LogP contribution is -1.98. The zero-order chi connectivity index (χ0) is 14.0. The van der Waals surface area contributed by atoms with E-state index in [-0.39, 0.29) is 0 Å². The van der Waals surface area contributed by atoms with E-state index in [2.05, 4.69) is 4.98 Å². The first-order valence-electron chi connectivity index (χ1n) is 5.94. The topological polar surface area (TPSA) is 40.6 Å². The highest BCUT2D eigenvalue weighted by Crippen LogP contribution is 2.43. The number of hydrogen-bond donors (Lipinski definition) is 0. The van der Waals surface area contributed by atoms with Crippen molar-refractivity contribution in [3.8, 4) is 17.2 Å². The van der Waals surface area contributed by atoms with Gasteiger partial charge in [-0.1, -0.05) is 18.5 Å². The second-order valence-corrected chi connectivity index (χ2v) is 4.36. The predicted molar refractivity (Wildman–Crippen MR) is 75.8 cm³/mol. The Hall–Kier alpha value is -1.68. The number of ether oxygens (including phenoxy) is 3. The molecule has 0 saturated heterocycles. The van der Waals surface area contributed by atoms with Gasteiger partial charge in [-0.15, -0.1) is 0 Å². The molecule has 0 N–H and O–H groups in total. The first-order chi connectivity index (χ1) is 9.15. The van der Waals surface area contributed by atoms with E-state index < -0.39 is 0 Å². The summed E-state index contributed by atoms with van der Waals surface area (Å²) in [4.78, 5) is 4.39. The molecule has 0 amide bonds. The van der Waals surface area contributed by atoms with E-state index in [1.165, 1.54) is 0 Å². The smallest absolute Gasteiger partial charge is 0.204 e. The Balaban J connectivity index is 2.85. The van der Waals surface area contributed by atoms with Gasteiger partial charge in [-0.25, -0.2) is 4.98 Å². The van der Waals surface area contributed by atoms with Crippen LogP contribution >= 0.6 is 11.6 Å². The van der Waals surface area contributed by atoms with Crippen molar-refractivity contribution in [1.82, 2.24) is 4.98 Å². The molecule has 1 aromatic heterocycles. The number of fused-ring (bicyclic) bond motifs is 1. The maximum Gasteiger partial charge on any atom is 0.204 e. The molecule has 0 saturated carbocycles. The Morgan fingerprint density at radius 1 is 1.05 bits per heavy atom. The highest BCUT2D eigenvalue weighted by molar-refractivity contribution is 6.30. The van der Waals surface area contributed by atoms with Crippen molar-refractivity contribution in [2.45, 2.75) is 13.3 Å². The molecule has 0 aliphatic rings. The van der Waals surface area contributed by atoms with Gasteiger partial charge >= 0.3 is 0 Å². The highest BCUT2D eigenvalue weighted by Gasteiger charge is 2.17. The summed E-state index contributed by atoms with van der Waals surface area (Å²) in [5.41, 5.74) is 1.69. The zero-order valence-corrected chi connectivity index (χ0v) is 12.2. The van der Waals surface area contributed by atoms with E-state index >= 15 is 0 Å². The van der Waals surface area contributed by atoms with Gasteiger partial charge in [0, 0.05) is 11.5 Å². The molecule has 0 atom stereocenters. The lowest BCUT2D eigenvalue weighted by Gasteiger charge is -2.15. The van der Waals surface area contributed by atoms with E-state index in [4.69, 9.17) is 25.8 Å². The molecule has 0 aliphatic carbocycles. The van der Waals surface area contributed by atoms with Crippen molar-refractivity contribution in [2.75, 3.05) is 21.3 Å². The maximum atomic E-state index is 6.14. The van der Waals surface area contributed by atoms with E-state index in [9.17, 15) is 0 Å². The van der Waals surface area contributed by atoms with Gasteiger partial charge in [0.2, 0.25) is 5.75 Å². The van der Waals surface area contributed by atoms with Crippen molar-refractivity contribution >= 4 is 22.5 Å². The molecule has 1 aromatic carbocycles. The Bertz CT molecular complexity index is 613. The molecule has 4 nitrogen and oxygen atoms in total. The van der Waals surface area contributed by atoms with Gasteiger partial charge in [0.1, 0.15) is 5.15 Å². The average Bonchev–Trinajstić information content (AvgIpc) is 2.44. The number of aromatic nitrogens is 1. The van der Waals surface area contributed by atoms with Crippen molar-refractivity contribution in [2.24, 2.45) is 0 Å². The molecule has 2 rings (SSSR count). The molecule has 0 bridgehead atoms. The van der Waals surface area contributed by atoms with Crippen LogP contribution in [0.25, 0.3) is 10.9 Å². The number of aryl methyl sites for hydroxylation is 1.